The molecule has 3 heterocycles. The van der Waals surface area contributed by atoms with E-state index in [0.717, 1.165) is 75.6 Å². The number of alkyl halides is 3. The zero-order valence-electron chi connectivity index (χ0n) is 15.1. The van der Waals surface area contributed by atoms with Crippen molar-refractivity contribution in [2.45, 2.75) is 44.3 Å². The van der Waals surface area contributed by atoms with Crippen molar-refractivity contribution in [1.29, 1.82) is 0 Å². The van der Waals surface area contributed by atoms with Crippen molar-refractivity contribution >= 4 is 0 Å². The first kappa shape index (κ1) is 18.3. The summed E-state index contributed by atoms with van der Waals surface area (Å²) in [5, 5.41) is 8.73. The van der Waals surface area contributed by atoms with Gasteiger partial charge in [-0.1, -0.05) is 0 Å². The van der Waals surface area contributed by atoms with E-state index in [2.05, 4.69) is 19.7 Å². The predicted molar refractivity (Wildman–Crippen MR) is 93.7 cm³/mol. The summed E-state index contributed by atoms with van der Waals surface area (Å²) in [6, 6.07) is 4.86. The van der Waals surface area contributed by atoms with Gasteiger partial charge < -0.3 is 9.30 Å². The van der Waals surface area contributed by atoms with Gasteiger partial charge in [0.05, 0.1) is 5.56 Å². The second-order valence-corrected chi connectivity index (χ2v) is 7.24. The molecule has 1 atom stereocenters. The van der Waals surface area contributed by atoms with Gasteiger partial charge in [0.15, 0.2) is 0 Å². The molecule has 1 saturated heterocycles. The Morgan fingerprint density at radius 3 is 2.67 bits per heavy atom. The fraction of sp³-hybridized carbons (Fsp3) is 0.579. The van der Waals surface area contributed by atoms with Crippen molar-refractivity contribution < 1.29 is 17.9 Å². The minimum absolute atomic E-state index is 0.393. The lowest BCUT2D eigenvalue weighted by Gasteiger charge is -2.32. The smallest absolute Gasteiger partial charge is 0.416 e. The van der Waals surface area contributed by atoms with Gasteiger partial charge in [0.25, 0.3) is 0 Å². The van der Waals surface area contributed by atoms with E-state index in [1.807, 2.05) is 0 Å². The SMILES string of the molecule is FC(F)(F)c1ccc(OCCN2CCCC(c3nnc4n3CCC4)C2)cc1. The van der Waals surface area contributed by atoms with Gasteiger partial charge in [-0.15, -0.1) is 10.2 Å². The Bertz CT molecular complexity index is 772. The summed E-state index contributed by atoms with van der Waals surface area (Å²) < 4.78 is 45.7. The van der Waals surface area contributed by atoms with Gasteiger partial charge >= 0.3 is 6.18 Å². The van der Waals surface area contributed by atoms with Crippen molar-refractivity contribution in [2.24, 2.45) is 0 Å². The van der Waals surface area contributed by atoms with Gasteiger partial charge in [0, 0.05) is 32.0 Å². The first-order valence-electron chi connectivity index (χ1n) is 9.45. The summed E-state index contributed by atoms with van der Waals surface area (Å²) in [6.45, 7) is 4.15. The summed E-state index contributed by atoms with van der Waals surface area (Å²) in [4.78, 5) is 2.34. The van der Waals surface area contributed by atoms with Crippen molar-refractivity contribution in [3.05, 3.63) is 41.5 Å². The number of hydrogen-bond acceptors (Lipinski definition) is 4. The zero-order chi connectivity index (χ0) is 18.9. The molecule has 1 fully saturated rings. The van der Waals surface area contributed by atoms with Crippen LogP contribution in [0, 0.1) is 0 Å². The molecule has 0 amide bonds. The number of fused-ring (bicyclic) bond motifs is 1. The van der Waals surface area contributed by atoms with Gasteiger partial charge in [-0.25, -0.2) is 0 Å². The summed E-state index contributed by atoms with van der Waals surface area (Å²) >= 11 is 0. The van der Waals surface area contributed by atoms with Crippen LogP contribution in [0.3, 0.4) is 0 Å². The minimum atomic E-state index is -4.32. The third-order valence-corrected chi connectivity index (χ3v) is 5.37. The molecule has 2 aromatic rings. The molecule has 1 aromatic carbocycles. The molecule has 4 rings (SSSR count). The Balaban J connectivity index is 1.28. The van der Waals surface area contributed by atoms with E-state index >= 15 is 0 Å². The van der Waals surface area contributed by atoms with Crippen LogP contribution in [-0.4, -0.2) is 45.9 Å². The number of piperidine rings is 1. The Labute approximate surface area is 156 Å². The maximum absolute atomic E-state index is 12.6. The number of likely N-dealkylation sites (tertiary alicyclic amines) is 1. The quantitative estimate of drug-likeness (QED) is 0.796. The Morgan fingerprint density at radius 2 is 1.89 bits per heavy atom. The molecule has 1 unspecified atom stereocenters. The first-order valence-corrected chi connectivity index (χ1v) is 9.45. The Morgan fingerprint density at radius 1 is 1.07 bits per heavy atom. The summed E-state index contributed by atoms with van der Waals surface area (Å²) in [7, 11) is 0. The van der Waals surface area contributed by atoms with Crippen LogP contribution in [0.25, 0.3) is 0 Å². The van der Waals surface area contributed by atoms with Crippen LogP contribution >= 0.6 is 0 Å². The van der Waals surface area contributed by atoms with Crippen molar-refractivity contribution in [3.63, 3.8) is 0 Å². The van der Waals surface area contributed by atoms with E-state index in [0.29, 0.717) is 18.3 Å². The molecule has 146 valence electrons. The van der Waals surface area contributed by atoms with Crippen LogP contribution < -0.4 is 4.74 Å². The average Bonchev–Trinajstić information content (AvgIpc) is 3.25. The second-order valence-electron chi connectivity index (χ2n) is 7.24. The molecule has 5 nitrogen and oxygen atoms in total. The lowest BCUT2D eigenvalue weighted by Crippen LogP contribution is -2.37. The van der Waals surface area contributed by atoms with Gasteiger partial charge in [0.2, 0.25) is 0 Å². The molecule has 0 bridgehead atoms. The number of rotatable bonds is 5. The lowest BCUT2D eigenvalue weighted by atomic mass is 9.97. The fourth-order valence-electron chi connectivity index (χ4n) is 3.98. The lowest BCUT2D eigenvalue weighted by molar-refractivity contribution is -0.137. The van der Waals surface area contributed by atoms with Crippen LogP contribution in [-0.2, 0) is 19.1 Å². The fourth-order valence-corrected chi connectivity index (χ4v) is 3.98. The molecule has 0 spiro atoms. The predicted octanol–water partition coefficient (Wildman–Crippen LogP) is 3.50. The summed E-state index contributed by atoms with van der Waals surface area (Å²) in [5.74, 6) is 3.07. The topological polar surface area (TPSA) is 43.2 Å². The van der Waals surface area contributed by atoms with Crippen molar-refractivity contribution in [2.75, 3.05) is 26.2 Å². The van der Waals surface area contributed by atoms with Crippen LogP contribution in [0.15, 0.2) is 24.3 Å². The molecule has 1 aromatic heterocycles. The highest BCUT2D eigenvalue weighted by Crippen LogP contribution is 2.30. The van der Waals surface area contributed by atoms with Crippen molar-refractivity contribution in [1.82, 2.24) is 19.7 Å². The first-order chi connectivity index (χ1) is 13.0. The third kappa shape index (κ3) is 4.10. The standard InChI is InChI=1S/C19H23F3N4O/c20-19(21,22)15-5-7-16(8-6-15)27-12-11-25-9-1-3-14(13-25)18-24-23-17-4-2-10-26(17)18/h5-8,14H,1-4,9-13H2. The molecule has 0 saturated carbocycles. The molecular weight excluding hydrogens is 357 g/mol. The number of hydrogen-bond donors (Lipinski definition) is 0. The molecule has 2 aliphatic heterocycles. The van der Waals surface area contributed by atoms with Crippen LogP contribution in [0.2, 0.25) is 0 Å². The van der Waals surface area contributed by atoms with E-state index in [9.17, 15) is 13.2 Å². The molecule has 27 heavy (non-hydrogen) atoms. The number of benzene rings is 1. The van der Waals surface area contributed by atoms with Crippen molar-refractivity contribution in [3.8, 4) is 5.75 Å². The number of aromatic nitrogens is 3. The maximum atomic E-state index is 12.6. The van der Waals surface area contributed by atoms with Gasteiger partial charge in [-0.3, -0.25) is 4.90 Å². The molecule has 0 N–H and O–H groups in total. The Hall–Kier alpha value is -2.09. The van der Waals surface area contributed by atoms with E-state index < -0.39 is 11.7 Å². The summed E-state index contributed by atoms with van der Waals surface area (Å²) in [6.07, 6.45) is 0.0738. The number of nitrogens with zero attached hydrogens (tertiary/aromatic N) is 4. The summed E-state index contributed by atoms with van der Waals surface area (Å²) in [5.41, 5.74) is -0.658. The monoisotopic (exact) mass is 380 g/mol. The third-order valence-electron chi connectivity index (χ3n) is 5.37. The molecular formula is C19H23F3N4O. The largest absolute Gasteiger partial charge is 0.492 e. The average molecular weight is 380 g/mol. The molecule has 0 radical (unpaired) electrons. The number of halogens is 3. The van der Waals surface area contributed by atoms with Crippen LogP contribution in [0.5, 0.6) is 5.75 Å². The Kier molecular flexibility index (Phi) is 5.08. The molecule has 8 heteroatoms. The molecule has 0 aliphatic carbocycles. The van der Waals surface area contributed by atoms with Crippen LogP contribution in [0.1, 0.15) is 42.4 Å². The van der Waals surface area contributed by atoms with Gasteiger partial charge in [-0.2, -0.15) is 13.2 Å². The normalized spacial score (nSPS) is 20.6. The second kappa shape index (κ2) is 7.50. The van der Waals surface area contributed by atoms with E-state index in [-0.39, 0.29) is 0 Å². The highest BCUT2D eigenvalue weighted by Gasteiger charge is 2.30. The van der Waals surface area contributed by atoms with E-state index in [1.54, 1.807) is 0 Å². The highest BCUT2D eigenvalue weighted by atomic mass is 19.4. The van der Waals surface area contributed by atoms with Crippen LogP contribution in [0.4, 0.5) is 13.2 Å². The molecule has 2 aliphatic rings. The highest BCUT2D eigenvalue weighted by molar-refractivity contribution is 5.28. The minimum Gasteiger partial charge on any atom is -0.492 e. The van der Waals surface area contributed by atoms with E-state index in [4.69, 9.17) is 4.74 Å². The van der Waals surface area contributed by atoms with Gasteiger partial charge in [0.1, 0.15) is 24.0 Å². The number of ether oxygens (including phenoxy) is 1. The maximum Gasteiger partial charge on any atom is 0.416 e. The van der Waals surface area contributed by atoms with Gasteiger partial charge in [-0.05, 0) is 50.1 Å². The zero-order valence-corrected chi connectivity index (χ0v) is 15.1. The number of aryl methyl sites for hydroxylation is 1. The van der Waals surface area contributed by atoms with E-state index in [1.165, 1.54) is 12.1 Å².